The van der Waals surface area contributed by atoms with Crippen LogP contribution in [-0.2, 0) is 4.74 Å². The van der Waals surface area contributed by atoms with E-state index in [1.165, 1.54) is 37.5 Å². The van der Waals surface area contributed by atoms with Crippen LogP contribution >= 0.6 is 11.3 Å². The number of Topliss-reactive ketones (excluding diaryl/α,β-unsaturated/α-hetero) is 1. The molecule has 1 fully saturated rings. The van der Waals surface area contributed by atoms with E-state index in [2.05, 4.69) is 10.3 Å². The number of nitrogens with zero attached hydrogens (tertiary/aromatic N) is 1. The van der Waals surface area contributed by atoms with Gasteiger partial charge in [-0.1, -0.05) is 30.6 Å². The number of aromatic nitrogens is 1. The van der Waals surface area contributed by atoms with Gasteiger partial charge in [-0.15, -0.1) is 0 Å². The summed E-state index contributed by atoms with van der Waals surface area (Å²) in [7, 11) is 0. The summed E-state index contributed by atoms with van der Waals surface area (Å²) in [4.78, 5) is 27.9. The Hall–Kier alpha value is -1.43. The van der Waals surface area contributed by atoms with Crippen molar-refractivity contribution in [3.8, 4) is 0 Å². The predicted octanol–water partition coefficient (Wildman–Crippen LogP) is 3.12. The van der Waals surface area contributed by atoms with Crippen LogP contribution in [-0.4, -0.2) is 29.9 Å². The lowest BCUT2D eigenvalue weighted by Crippen LogP contribution is -2.15. The first-order valence-corrected chi connectivity index (χ1v) is 7.86. The van der Waals surface area contributed by atoms with Crippen LogP contribution in [0.2, 0.25) is 0 Å². The molecular weight excluding hydrogens is 276 g/mol. The van der Waals surface area contributed by atoms with E-state index in [-0.39, 0.29) is 18.1 Å². The molecular formula is C14H20N2O3S. The van der Waals surface area contributed by atoms with Crippen LogP contribution in [0.3, 0.4) is 0 Å². The summed E-state index contributed by atoms with van der Waals surface area (Å²) < 4.78 is 4.93. The summed E-state index contributed by atoms with van der Waals surface area (Å²) in [5.41, 5.74) is 0.135. The van der Waals surface area contributed by atoms with E-state index in [0.29, 0.717) is 10.0 Å². The van der Waals surface area contributed by atoms with Gasteiger partial charge in [-0.2, -0.15) is 0 Å². The average molecular weight is 296 g/mol. The van der Waals surface area contributed by atoms with E-state index in [1.807, 2.05) is 0 Å². The van der Waals surface area contributed by atoms with Gasteiger partial charge in [-0.3, -0.25) is 4.79 Å². The maximum absolute atomic E-state index is 11.8. The van der Waals surface area contributed by atoms with E-state index >= 15 is 0 Å². The summed E-state index contributed by atoms with van der Waals surface area (Å²) >= 11 is 1.23. The van der Waals surface area contributed by atoms with Gasteiger partial charge in [0.2, 0.25) is 0 Å². The Labute approximate surface area is 122 Å². The van der Waals surface area contributed by atoms with Crippen LogP contribution in [0.5, 0.6) is 0 Å². The molecule has 0 saturated heterocycles. The monoisotopic (exact) mass is 296 g/mol. The van der Waals surface area contributed by atoms with Crippen LogP contribution in [0.1, 0.15) is 59.7 Å². The van der Waals surface area contributed by atoms with Crippen molar-refractivity contribution < 1.29 is 14.3 Å². The van der Waals surface area contributed by atoms with Gasteiger partial charge in [0.05, 0.1) is 6.61 Å². The van der Waals surface area contributed by atoms with Gasteiger partial charge in [-0.25, -0.2) is 9.78 Å². The zero-order valence-electron chi connectivity index (χ0n) is 11.9. The third-order valence-corrected chi connectivity index (χ3v) is 4.58. The fourth-order valence-corrected chi connectivity index (χ4v) is 3.01. The third-order valence-electron chi connectivity index (χ3n) is 3.47. The highest BCUT2D eigenvalue weighted by Gasteiger charge is 2.22. The molecule has 0 bridgehead atoms. The topological polar surface area (TPSA) is 68.3 Å². The van der Waals surface area contributed by atoms with Gasteiger partial charge in [0.15, 0.2) is 16.6 Å². The lowest BCUT2D eigenvalue weighted by atomic mass is 9.83. The summed E-state index contributed by atoms with van der Waals surface area (Å²) in [6.07, 6.45) is 5.08. The molecule has 1 N–H and O–H groups in total. The fraction of sp³-hybridized carbons (Fsp3) is 0.643. The highest BCUT2D eigenvalue weighted by Crippen LogP contribution is 2.30. The second kappa shape index (κ2) is 6.83. The minimum Gasteiger partial charge on any atom is -0.461 e. The van der Waals surface area contributed by atoms with Crippen molar-refractivity contribution >= 4 is 28.2 Å². The van der Waals surface area contributed by atoms with Crippen molar-refractivity contribution in [2.75, 3.05) is 18.5 Å². The van der Waals surface area contributed by atoms with E-state index in [4.69, 9.17) is 4.74 Å². The molecule has 0 spiro atoms. The van der Waals surface area contributed by atoms with E-state index in [9.17, 15) is 9.59 Å². The highest BCUT2D eigenvalue weighted by atomic mass is 32.1. The van der Waals surface area contributed by atoms with Gasteiger partial charge in [0.25, 0.3) is 0 Å². The number of carbonyl (C=O) groups is 2. The molecule has 0 atom stereocenters. The molecule has 5 nitrogen and oxygen atoms in total. The number of nitrogens with one attached hydrogen (secondary N) is 1. The molecule has 6 heteroatoms. The maximum Gasteiger partial charge on any atom is 0.358 e. The molecule has 1 saturated carbocycles. The highest BCUT2D eigenvalue weighted by molar-refractivity contribution is 7.17. The molecule has 1 aliphatic carbocycles. The first-order valence-electron chi connectivity index (χ1n) is 7.04. The second-order valence-corrected chi connectivity index (χ2v) is 5.98. The first-order chi connectivity index (χ1) is 9.61. The molecule has 1 aromatic heterocycles. The molecule has 0 aromatic carbocycles. The summed E-state index contributed by atoms with van der Waals surface area (Å²) in [6.45, 7) is 4.28. The predicted molar refractivity (Wildman–Crippen MR) is 78.5 cm³/mol. The lowest BCUT2D eigenvalue weighted by Gasteiger charge is -2.24. The van der Waals surface area contributed by atoms with Gasteiger partial charge in [0, 0.05) is 13.5 Å². The largest absolute Gasteiger partial charge is 0.461 e. The molecule has 0 unspecified atom stereocenters. The minimum atomic E-state index is -0.527. The lowest BCUT2D eigenvalue weighted by molar-refractivity contribution is 0.0517. The zero-order valence-corrected chi connectivity index (χ0v) is 12.7. The minimum absolute atomic E-state index is 0.135. The van der Waals surface area contributed by atoms with Gasteiger partial charge >= 0.3 is 5.97 Å². The fourth-order valence-electron chi connectivity index (χ4n) is 2.14. The number of ketones is 1. The number of ether oxygens (including phenoxy) is 1. The molecule has 110 valence electrons. The van der Waals surface area contributed by atoms with Crippen LogP contribution < -0.4 is 5.32 Å². The van der Waals surface area contributed by atoms with Gasteiger partial charge in [0.1, 0.15) is 4.88 Å². The number of hydrogen-bond donors (Lipinski definition) is 1. The number of anilines is 1. The summed E-state index contributed by atoms with van der Waals surface area (Å²) in [6, 6.07) is 0. The van der Waals surface area contributed by atoms with Gasteiger partial charge in [-0.05, 0) is 19.3 Å². The molecule has 1 heterocycles. The molecule has 1 aliphatic rings. The average Bonchev–Trinajstić information content (AvgIpc) is 2.77. The Bertz CT molecular complexity index is 495. The van der Waals surface area contributed by atoms with Crippen LogP contribution in [0.15, 0.2) is 0 Å². The zero-order chi connectivity index (χ0) is 14.5. The number of rotatable bonds is 7. The third kappa shape index (κ3) is 3.56. The maximum atomic E-state index is 11.8. The Morgan fingerprint density at radius 2 is 2.20 bits per heavy atom. The van der Waals surface area contributed by atoms with E-state index < -0.39 is 5.97 Å². The van der Waals surface area contributed by atoms with E-state index in [0.717, 1.165) is 18.9 Å². The van der Waals surface area contributed by atoms with Crippen molar-refractivity contribution in [3.63, 3.8) is 0 Å². The molecule has 2 rings (SSSR count). The van der Waals surface area contributed by atoms with Crippen molar-refractivity contribution in [1.82, 2.24) is 4.98 Å². The van der Waals surface area contributed by atoms with E-state index in [1.54, 1.807) is 6.92 Å². The number of thiazole rings is 1. The van der Waals surface area contributed by atoms with Crippen molar-refractivity contribution in [2.45, 2.75) is 39.5 Å². The molecule has 1 aromatic rings. The van der Waals surface area contributed by atoms with Crippen LogP contribution in [0, 0.1) is 5.92 Å². The Balaban J connectivity index is 1.99. The normalized spacial score (nSPS) is 14.7. The quantitative estimate of drug-likeness (QED) is 0.618. The Morgan fingerprint density at radius 1 is 1.45 bits per heavy atom. The Morgan fingerprint density at radius 3 is 2.75 bits per heavy atom. The summed E-state index contributed by atoms with van der Waals surface area (Å²) in [5.74, 6) is 0.137. The molecule has 20 heavy (non-hydrogen) atoms. The Kier molecular flexibility index (Phi) is 5.11. The summed E-state index contributed by atoms with van der Waals surface area (Å²) in [5, 5.41) is 3.83. The molecule has 0 amide bonds. The second-order valence-electron chi connectivity index (χ2n) is 4.99. The number of esters is 1. The van der Waals surface area contributed by atoms with Crippen LogP contribution in [0.25, 0.3) is 0 Å². The first kappa shape index (κ1) is 15.0. The van der Waals surface area contributed by atoms with Crippen molar-refractivity contribution in [1.29, 1.82) is 0 Å². The SMILES string of the molecule is CCOC(=O)c1nc(NCCC2CCC2)sc1C(C)=O. The number of carbonyl (C=O) groups excluding carboxylic acids is 2. The standard InChI is InChI=1S/C14H20N2O3S/c1-3-19-13(18)11-12(9(2)17)20-14(16-11)15-8-7-10-5-4-6-10/h10H,3-8H2,1-2H3,(H,15,16). The molecule has 0 aliphatic heterocycles. The molecule has 0 radical (unpaired) electrons. The smallest absolute Gasteiger partial charge is 0.358 e. The number of hydrogen-bond acceptors (Lipinski definition) is 6. The van der Waals surface area contributed by atoms with Crippen molar-refractivity contribution in [3.05, 3.63) is 10.6 Å². The van der Waals surface area contributed by atoms with Crippen molar-refractivity contribution in [2.24, 2.45) is 5.92 Å². The van der Waals surface area contributed by atoms with Crippen LogP contribution in [0.4, 0.5) is 5.13 Å². The van der Waals surface area contributed by atoms with Gasteiger partial charge < -0.3 is 10.1 Å².